The van der Waals surface area contributed by atoms with Gasteiger partial charge in [-0.2, -0.15) is 0 Å². The minimum Gasteiger partial charge on any atom is -0.0887 e. The summed E-state index contributed by atoms with van der Waals surface area (Å²) in [6.45, 7) is 2.27. The zero-order chi connectivity index (χ0) is 10.3. The molecule has 0 rings (SSSR count). The average molecular weight is 471 g/mol. The smallest absolute Gasteiger partial charge is 0.0887 e. The van der Waals surface area contributed by atoms with E-state index >= 15 is 0 Å². The predicted molar refractivity (Wildman–Crippen MR) is 85.8 cm³/mol. The van der Waals surface area contributed by atoms with Crippen LogP contribution in [0.25, 0.3) is 0 Å². The first-order chi connectivity index (χ1) is 6.11. The molecule has 4 heteroatoms. The molecule has 0 nitrogen and oxygen atoms in total. The van der Waals surface area contributed by atoms with Gasteiger partial charge >= 0.3 is 0 Å². The molecule has 78 valence electrons. The second-order valence-electron chi connectivity index (χ2n) is 3.40. The molecular formula is C9H18BBrI2. The van der Waals surface area contributed by atoms with Crippen LogP contribution in [0.2, 0.25) is 6.32 Å². The van der Waals surface area contributed by atoms with Crippen LogP contribution in [0.5, 0.6) is 0 Å². The zero-order valence-corrected chi connectivity index (χ0v) is 14.3. The van der Waals surface area contributed by atoms with Gasteiger partial charge in [-0.15, -0.1) is 0 Å². The molecule has 0 heterocycles. The fourth-order valence-corrected chi connectivity index (χ4v) is 3.35. The first kappa shape index (κ1) is 15.0. The molecule has 0 aromatic carbocycles. The Hall–Kier alpha value is 2.00. The molecule has 0 saturated carbocycles. The van der Waals surface area contributed by atoms with Crippen LogP contribution in [0.4, 0.5) is 0 Å². The lowest BCUT2D eigenvalue weighted by Crippen LogP contribution is -2.14. The lowest BCUT2D eigenvalue weighted by atomic mass is 9.98. The molecule has 0 spiro atoms. The second kappa shape index (κ2) is 9.25. The minimum absolute atomic E-state index is 0.707. The maximum atomic E-state index is 3.72. The van der Waals surface area contributed by atoms with Crippen LogP contribution >= 0.6 is 61.1 Å². The normalized spacial score (nSPS) is 18.2. The maximum absolute atomic E-state index is 3.72. The fourth-order valence-electron chi connectivity index (χ4n) is 1.23. The summed E-state index contributed by atoms with van der Waals surface area (Å²) in [6, 6.07) is 0. The van der Waals surface area contributed by atoms with Crippen LogP contribution in [0.15, 0.2) is 0 Å². The molecule has 0 saturated heterocycles. The zero-order valence-electron chi connectivity index (χ0n) is 8.40. The summed E-state index contributed by atoms with van der Waals surface area (Å²) < 4.78 is 1.69. The minimum atomic E-state index is 0.707. The van der Waals surface area contributed by atoms with Crippen molar-refractivity contribution in [2.45, 2.75) is 51.6 Å². The summed E-state index contributed by atoms with van der Waals surface area (Å²) in [6.07, 6.45) is 6.68. The summed E-state index contributed by atoms with van der Waals surface area (Å²) in [7, 11) is 2.25. The van der Waals surface area contributed by atoms with E-state index in [0.29, 0.717) is 4.83 Å². The van der Waals surface area contributed by atoms with Gasteiger partial charge in [-0.3, -0.25) is 0 Å². The molecule has 13 heavy (non-hydrogen) atoms. The van der Waals surface area contributed by atoms with Crippen molar-refractivity contribution in [2.24, 2.45) is 0 Å². The van der Waals surface area contributed by atoms with Gasteiger partial charge in [0.05, 0.1) is 0 Å². The van der Waals surface area contributed by atoms with Gasteiger partial charge in [0, 0.05) is 12.7 Å². The molecule has 0 aromatic heterocycles. The van der Waals surface area contributed by atoms with Crippen LogP contribution in [-0.4, -0.2) is 20.5 Å². The monoisotopic (exact) mass is 470 g/mol. The third kappa shape index (κ3) is 7.88. The average Bonchev–Trinajstić information content (AvgIpc) is 2.13. The summed E-state index contributed by atoms with van der Waals surface area (Å²) in [4.78, 5) is 0.707. The summed E-state index contributed by atoms with van der Waals surface area (Å²) in [5.41, 5.74) is 0. The van der Waals surface area contributed by atoms with Crippen molar-refractivity contribution in [3.05, 3.63) is 0 Å². The highest BCUT2D eigenvalue weighted by Crippen LogP contribution is 2.25. The molecule has 0 amide bonds. The van der Waals surface area contributed by atoms with Gasteiger partial charge in [0.25, 0.3) is 0 Å². The Morgan fingerprint density at radius 1 is 1.23 bits per heavy atom. The largest absolute Gasteiger partial charge is 0.102 e. The molecule has 0 aliphatic rings. The van der Waals surface area contributed by atoms with Crippen LogP contribution in [0.3, 0.4) is 0 Å². The van der Waals surface area contributed by atoms with Gasteiger partial charge in [-0.25, -0.2) is 0 Å². The standard InChI is InChI=1S/C9H18BBrI2/c1-2-3-7(12)4-5-9(13)8(11)6-10/h7-9H,2-6,10H2,1H3/t7?,8?,9-/m0/s1. The van der Waals surface area contributed by atoms with Crippen molar-refractivity contribution in [3.8, 4) is 0 Å². The summed E-state index contributed by atoms with van der Waals surface area (Å²) in [5.74, 6) is 0. The molecule has 0 aromatic rings. The van der Waals surface area contributed by atoms with Gasteiger partial charge in [0.1, 0.15) is 7.85 Å². The summed E-state index contributed by atoms with van der Waals surface area (Å²) in [5, 5.41) is 0. The quantitative estimate of drug-likeness (QED) is 0.300. The van der Waals surface area contributed by atoms with Crippen molar-refractivity contribution >= 4 is 69.0 Å². The fraction of sp³-hybridized carbons (Fsp3) is 1.00. The van der Waals surface area contributed by atoms with Crippen molar-refractivity contribution in [3.63, 3.8) is 0 Å². The van der Waals surface area contributed by atoms with Crippen molar-refractivity contribution < 1.29 is 0 Å². The van der Waals surface area contributed by atoms with E-state index in [1.165, 1.54) is 32.0 Å². The lowest BCUT2D eigenvalue weighted by Gasteiger charge is -2.16. The van der Waals surface area contributed by atoms with Gasteiger partial charge in [-0.05, 0) is 19.3 Å². The van der Waals surface area contributed by atoms with E-state index in [9.17, 15) is 0 Å². The highest BCUT2D eigenvalue weighted by Gasteiger charge is 2.14. The summed E-state index contributed by atoms with van der Waals surface area (Å²) >= 11 is 8.89. The van der Waals surface area contributed by atoms with E-state index in [2.05, 4.69) is 75.9 Å². The van der Waals surface area contributed by atoms with E-state index in [4.69, 9.17) is 0 Å². The highest BCUT2D eigenvalue weighted by molar-refractivity contribution is 14.1. The number of alkyl halides is 3. The van der Waals surface area contributed by atoms with E-state index in [-0.39, 0.29) is 0 Å². The topological polar surface area (TPSA) is 0 Å². The molecule has 0 N–H and O–H groups in total. The van der Waals surface area contributed by atoms with Gasteiger partial charge in [0.15, 0.2) is 0 Å². The van der Waals surface area contributed by atoms with Crippen LogP contribution in [0, 0.1) is 0 Å². The predicted octanol–water partition coefficient (Wildman–Crippen LogP) is 3.99. The SMILES string of the molecule is BCC(Br)[C@@H](I)CCC(I)CCC. The molecule has 0 aliphatic carbocycles. The van der Waals surface area contributed by atoms with Crippen LogP contribution in [0.1, 0.15) is 32.6 Å². The molecule has 0 aliphatic heterocycles. The molecular weight excluding hydrogens is 453 g/mol. The second-order valence-corrected chi connectivity index (χ2v) is 7.94. The Kier molecular flexibility index (Phi) is 10.7. The molecule has 0 fully saturated rings. The molecule has 3 atom stereocenters. The van der Waals surface area contributed by atoms with E-state index < -0.39 is 0 Å². The molecule has 0 bridgehead atoms. The molecule has 0 radical (unpaired) electrons. The Balaban J connectivity index is 3.50. The van der Waals surface area contributed by atoms with Gasteiger partial charge < -0.3 is 0 Å². The first-order valence-electron chi connectivity index (χ1n) is 5.04. The van der Waals surface area contributed by atoms with Crippen molar-refractivity contribution in [1.82, 2.24) is 0 Å². The highest BCUT2D eigenvalue weighted by atomic mass is 127. The Morgan fingerprint density at radius 2 is 1.85 bits per heavy atom. The Morgan fingerprint density at radius 3 is 2.31 bits per heavy atom. The maximum Gasteiger partial charge on any atom is 0.102 e. The van der Waals surface area contributed by atoms with Crippen LogP contribution in [-0.2, 0) is 0 Å². The van der Waals surface area contributed by atoms with Crippen molar-refractivity contribution in [2.75, 3.05) is 0 Å². The lowest BCUT2D eigenvalue weighted by molar-refractivity contribution is 0.654. The van der Waals surface area contributed by atoms with Gasteiger partial charge in [-0.1, -0.05) is 80.8 Å². The Bertz CT molecular complexity index is 124. The third-order valence-corrected chi connectivity index (χ3v) is 7.15. The van der Waals surface area contributed by atoms with E-state index in [1.807, 2.05) is 0 Å². The molecule has 2 unspecified atom stereocenters. The number of halogens is 3. The van der Waals surface area contributed by atoms with Crippen molar-refractivity contribution in [1.29, 1.82) is 0 Å². The van der Waals surface area contributed by atoms with Crippen LogP contribution < -0.4 is 0 Å². The number of hydrogen-bond donors (Lipinski definition) is 0. The van der Waals surface area contributed by atoms with E-state index in [1.54, 1.807) is 0 Å². The van der Waals surface area contributed by atoms with E-state index in [0.717, 1.165) is 7.85 Å². The Labute approximate surface area is 119 Å². The number of rotatable bonds is 7. The van der Waals surface area contributed by atoms with Gasteiger partial charge in [0.2, 0.25) is 0 Å². The number of hydrogen-bond acceptors (Lipinski definition) is 0. The third-order valence-electron chi connectivity index (χ3n) is 2.14. The first-order valence-corrected chi connectivity index (χ1v) is 8.44.